The van der Waals surface area contributed by atoms with Gasteiger partial charge in [-0.15, -0.1) is 0 Å². The lowest BCUT2D eigenvalue weighted by Crippen LogP contribution is -2.19. The normalized spacial score (nSPS) is 9.38. The molecule has 0 saturated heterocycles. The molecule has 274 valence electrons. The van der Waals surface area contributed by atoms with Crippen LogP contribution in [0.4, 0.5) is 0 Å². The van der Waals surface area contributed by atoms with Crippen LogP contribution in [0.1, 0.15) is 67.0 Å². The third kappa shape index (κ3) is 25.2. The molecule has 0 spiro atoms. The van der Waals surface area contributed by atoms with Crippen molar-refractivity contribution in [2.75, 3.05) is 21.1 Å². The quantitative estimate of drug-likeness (QED) is 0.145. The molecule has 12 nitrogen and oxygen atoms in total. The molecule has 0 aliphatic carbocycles. The number of carboxylic acid groups (broad SMARTS) is 2. The number of benzene rings is 3. The van der Waals surface area contributed by atoms with Crippen LogP contribution in [0.25, 0.3) is 0 Å². The smallest absolute Gasteiger partial charge is 0.335 e. The summed E-state index contributed by atoms with van der Waals surface area (Å²) in [6, 6.07) is 20.4. The number of aliphatic carboxylic acids is 1. The molecule has 0 bridgehead atoms. The van der Waals surface area contributed by atoms with Crippen molar-refractivity contribution in [1.82, 2.24) is 10.6 Å². The lowest BCUT2D eigenvalue weighted by atomic mass is 10.1. The fraction of sp³-hybridized carbons (Fsp3) is 0.273. The molecule has 2 amide bonds. The topological polar surface area (TPSA) is 210 Å². The van der Waals surface area contributed by atoms with Crippen LogP contribution < -0.4 is 16.4 Å². The van der Waals surface area contributed by atoms with Gasteiger partial charge in [0.15, 0.2) is 0 Å². The molecule has 3 aromatic rings. The summed E-state index contributed by atoms with van der Waals surface area (Å²) in [6.07, 6.45) is 2.25. The van der Waals surface area contributed by atoms with Gasteiger partial charge >= 0.3 is 11.9 Å². The third-order valence-electron chi connectivity index (χ3n) is 5.90. The SMILES string of the molecule is CN.CNC(=O)CCc1cccc(C(=O)NC)c1.O=C(Cl)CCc1cccc(C(=O)Cl)c1.O=C(O)CCc1cccc(C(=O)O)c1.O=S(Cl)Cl. The molecular weight excluding hydrogens is 756 g/mol. The van der Waals surface area contributed by atoms with E-state index in [0.29, 0.717) is 36.8 Å². The van der Waals surface area contributed by atoms with Gasteiger partial charge in [0, 0.05) is 65.8 Å². The molecule has 0 aliphatic heterocycles. The minimum atomic E-state index is -1.67. The van der Waals surface area contributed by atoms with E-state index in [4.69, 9.17) is 37.6 Å². The molecule has 17 heteroatoms. The molecule has 3 rings (SSSR count). The zero-order valence-electron chi connectivity index (χ0n) is 27.4. The number of aryl methyl sites for hydroxylation is 3. The number of halogens is 4. The van der Waals surface area contributed by atoms with Crippen LogP contribution in [-0.2, 0) is 42.9 Å². The number of hydrogen-bond donors (Lipinski definition) is 5. The molecule has 0 radical (unpaired) electrons. The molecule has 0 heterocycles. The second-order valence-corrected chi connectivity index (χ2v) is 12.7. The van der Waals surface area contributed by atoms with Crippen molar-refractivity contribution in [2.24, 2.45) is 5.73 Å². The molecule has 0 atom stereocenters. The number of hydrogen-bond acceptors (Lipinski definition) is 8. The number of rotatable bonds is 12. The first-order valence-electron chi connectivity index (χ1n) is 14.4. The van der Waals surface area contributed by atoms with Crippen LogP contribution in [0.2, 0.25) is 0 Å². The fourth-order valence-corrected chi connectivity index (χ4v) is 3.81. The van der Waals surface area contributed by atoms with Crippen molar-refractivity contribution in [2.45, 2.75) is 38.5 Å². The summed E-state index contributed by atoms with van der Waals surface area (Å²) in [5.74, 6) is -1.99. The highest BCUT2D eigenvalue weighted by molar-refractivity contribution is 8.26. The molecule has 6 N–H and O–H groups in total. The van der Waals surface area contributed by atoms with E-state index >= 15 is 0 Å². The number of aromatic carboxylic acids is 1. The van der Waals surface area contributed by atoms with Crippen molar-refractivity contribution in [3.8, 4) is 0 Å². The van der Waals surface area contributed by atoms with E-state index < -0.39 is 26.4 Å². The number of carbonyl (C=O) groups excluding carboxylic acids is 4. The summed E-state index contributed by atoms with van der Waals surface area (Å²) in [5, 5.41) is 21.4. The van der Waals surface area contributed by atoms with E-state index in [1.807, 2.05) is 24.3 Å². The molecule has 0 aromatic heterocycles. The molecule has 50 heavy (non-hydrogen) atoms. The monoisotopic (exact) mass is 793 g/mol. The highest BCUT2D eigenvalue weighted by Crippen LogP contribution is 2.11. The number of amides is 2. The Morgan fingerprint density at radius 2 is 1.06 bits per heavy atom. The van der Waals surface area contributed by atoms with E-state index in [9.17, 15) is 28.8 Å². The van der Waals surface area contributed by atoms with E-state index in [-0.39, 0.29) is 35.5 Å². The molecule has 0 saturated carbocycles. The van der Waals surface area contributed by atoms with Crippen molar-refractivity contribution in [3.05, 3.63) is 106 Å². The van der Waals surface area contributed by atoms with Crippen molar-refractivity contribution >= 4 is 88.0 Å². The molecule has 0 fully saturated rings. The van der Waals surface area contributed by atoms with Gasteiger partial charge in [0.1, 0.15) is 0 Å². The van der Waals surface area contributed by atoms with Gasteiger partial charge in [-0.25, -0.2) is 9.00 Å². The molecule has 0 unspecified atom stereocenters. The maximum Gasteiger partial charge on any atom is 0.335 e. The zero-order chi connectivity index (χ0) is 38.6. The summed E-state index contributed by atoms with van der Waals surface area (Å²) >= 11 is 10.5. The Balaban J connectivity index is 0. The van der Waals surface area contributed by atoms with Crippen LogP contribution in [-0.4, -0.2) is 69.8 Å². The minimum Gasteiger partial charge on any atom is -0.481 e. The van der Waals surface area contributed by atoms with Gasteiger partial charge in [-0.05, 0) is 96.5 Å². The number of carbonyl (C=O) groups is 6. The highest BCUT2D eigenvalue weighted by Gasteiger charge is 2.06. The van der Waals surface area contributed by atoms with Crippen molar-refractivity contribution < 1.29 is 43.2 Å². The van der Waals surface area contributed by atoms with Gasteiger partial charge in [0.25, 0.3) is 11.1 Å². The Kier molecular flexibility index (Phi) is 27.9. The van der Waals surface area contributed by atoms with Crippen LogP contribution in [0.5, 0.6) is 0 Å². The lowest BCUT2D eigenvalue weighted by molar-refractivity contribution is -0.137. The second kappa shape index (κ2) is 28.9. The fourth-order valence-electron chi connectivity index (χ4n) is 3.60. The summed E-state index contributed by atoms with van der Waals surface area (Å²) in [4.78, 5) is 64.6. The highest BCUT2D eigenvalue weighted by atomic mass is 36.0. The summed E-state index contributed by atoms with van der Waals surface area (Å²) in [5.41, 5.74) is 8.35. The van der Waals surface area contributed by atoms with Gasteiger partial charge < -0.3 is 26.6 Å². The predicted octanol–water partition coefficient (Wildman–Crippen LogP) is 5.51. The van der Waals surface area contributed by atoms with Gasteiger partial charge in [-0.1, -0.05) is 42.5 Å². The van der Waals surface area contributed by atoms with Crippen LogP contribution in [0, 0.1) is 0 Å². The van der Waals surface area contributed by atoms with E-state index in [1.165, 1.54) is 19.2 Å². The van der Waals surface area contributed by atoms with Crippen LogP contribution >= 0.6 is 44.6 Å². The Morgan fingerprint density at radius 3 is 1.46 bits per heavy atom. The van der Waals surface area contributed by atoms with Crippen LogP contribution in [0.15, 0.2) is 72.8 Å². The standard InChI is InChI=1S/C12H16N2O2.C10H8Cl2O2.C10H10O4.CH5N.Cl2OS/c1-13-11(15)7-6-9-4-3-5-10(8-9)12(16)14-2;11-9(13)5-4-7-2-1-3-8(6-7)10(12)14;11-9(12)5-4-7-2-1-3-8(6-7)10(13)14;1-2;1-4(2)3/h3-5,8H,6-7H2,1-2H3,(H,13,15)(H,14,16);1-3,6H,4-5H2;1-3,6H,4-5H2,(H,11,12)(H,13,14);2H2,1H3;. The Labute approximate surface area is 312 Å². The Hall–Kier alpha value is -3.85. The third-order valence-corrected chi connectivity index (χ3v) is 6.31. The molecular formula is C33H39Cl4N3O9S. The van der Waals surface area contributed by atoms with Crippen molar-refractivity contribution in [1.29, 1.82) is 0 Å². The molecule has 3 aromatic carbocycles. The Morgan fingerprint density at radius 1 is 0.660 bits per heavy atom. The second-order valence-electron chi connectivity index (χ2n) is 9.37. The van der Waals surface area contributed by atoms with Crippen LogP contribution in [0.3, 0.4) is 0 Å². The largest absolute Gasteiger partial charge is 0.481 e. The summed E-state index contributed by atoms with van der Waals surface area (Å²) in [6.45, 7) is 0. The van der Waals surface area contributed by atoms with E-state index in [1.54, 1.807) is 50.5 Å². The zero-order valence-corrected chi connectivity index (χ0v) is 31.3. The number of nitrogens with two attached hydrogens (primary N) is 1. The van der Waals surface area contributed by atoms with Gasteiger partial charge in [0.05, 0.1) is 5.56 Å². The predicted molar refractivity (Wildman–Crippen MR) is 197 cm³/mol. The Bertz CT molecular complexity index is 1500. The van der Waals surface area contributed by atoms with E-state index in [0.717, 1.165) is 16.7 Å². The number of nitrogens with one attached hydrogen (secondary N) is 2. The average Bonchev–Trinajstić information content (AvgIpc) is 3.10. The first-order valence-corrected chi connectivity index (χ1v) is 18.0. The molecule has 0 aliphatic rings. The first kappa shape index (κ1) is 48.3. The van der Waals surface area contributed by atoms with Crippen molar-refractivity contribution in [3.63, 3.8) is 0 Å². The first-order chi connectivity index (χ1) is 23.6. The van der Waals surface area contributed by atoms with Gasteiger partial charge in [0.2, 0.25) is 20.4 Å². The summed E-state index contributed by atoms with van der Waals surface area (Å²) in [7, 11) is 12.1. The minimum absolute atomic E-state index is 0.00495. The number of carboxylic acids is 2. The van der Waals surface area contributed by atoms with E-state index in [2.05, 4.69) is 37.7 Å². The lowest BCUT2D eigenvalue weighted by Gasteiger charge is -2.04. The maximum absolute atomic E-state index is 11.4. The average molecular weight is 796 g/mol. The van der Waals surface area contributed by atoms with Gasteiger partial charge in [-0.2, -0.15) is 0 Å². The summed E-state index contributed by atoms with van der Waals surface area (Å²) < 4.78 is 9.09. The van der Waals surface area contributed by atoms with Gasteiger partial charge in [-0.3, -0.25) is 24.0 Å². The maximum atomic E-state index is 11.4.